The van der Waals surface area contributed by atoms with E-state index in [9.17, 15) is 0 Å². The number of fused-ring (bicyclic) bond motifs is 2. The van der Waals surface area contributed by atoms with Gasteiger partial charge in [0.25, 0.3) is 5.82 Å². The predicted molar refractivity (Wildman–Crippen MR) is 188 cm³/mol. The fourth-order valence-electron chi connectivity index (χ4n) is 5.87. The normalized spacial score (nSPS) is 14.4. The molecule has 1 aliphatic rings. The van der Waals surface area contributed by atoms with E-state index in [4.69, 9.17) is 4.74 Å². The fraction of sp³-hybridized carbons (Fsp3) is 0.378. The van der Waals surface area contributed by atoms with Crippen molar-refractivity contribution in [3.8, 4) is 11.4 Å². The van der Waals surface area contributed by atoms with Crippen molar-refractivity contribution < 1.29 is 18.3 Å². The summed E-state index contributed by atoms with van der Waals surface area (Å²) in [6.45, 7) is 4.22. The average Bonchev–Trinajstić information content (AvgIpc) is 3.29. The van der Waals surface area contributed by atoms with Crippen LogP contribution >= 0.6 is 11.8 Å². The maximum Gasteiger partial charge on any atom is 0.282 e. The van der Waals surface area contributed by atoms with E-state index in [0.717, 1.165) is 64.9 Å². The number of quaternary nitrogens is 2. The SMILES string of the molecule is COc1ccc2c(/C=C3\Sc4ccccc4N3C)cc(N(CCC[N+](C)(C)C)CCC[N+](C)(C)C)[n+](-c3ccccc3)c2c1. The number of anilines is 2. The summed E-state index contributed by atoms with van der Waals surface area (Å²) in [7, 11) is 17.6. The Kier molecular flexibility index (Phi) is 9.59. The lowest BCUT2D eigenvalue weighted by Gasteiger charge is -2.28. The van der Waals surface area contributed by atoms with Gasteiger partial charge in [-0.1, -0.05) is 42.1 Å². The number of benzene rings is 3. The molecule has 0 bridgehead atoms. The maximum absolute atomic E-state index is 5.79. The number of hydrogen-bond acceptors (Lipinski definition) is 4. The molecule has 0 saturated heterocycles. The van der Waals surface area contributed by atoms with Gasteiger partial charge in [0, 0.05) is 42.3 Å². The second kappa shape index (κ2) is 13.2. The third-order valence-corrected chi connectivity index (χ3v) is 9.34. The van der Waals surface area contributed by atoms with Gasteiger partial charge in [0.15, 0.2) is 0 Å². The molecule has 44 heavy (non-hydrogen) atoms. The third-order valence-electron chi connectivity index (χ3n) is 8.17. The van der Waals surface area contributed by atoms with Gasteiger partial charge in [0.2, 0.25) is 0 Å². The predicted octanol–water partition coefficient (Wildman–Crippen LogP) is 6.66. The number of ether oxygens (including phenoxy) is 1. The maximum atomic E-state index is 5.79. The topological polar surface area (TPSA) is 19.6 Å². The summed E-state index contributed by atoms with van der Waals surface area (Å²) in [5.41, 5.74) is 4.77. The number of aromatic nitrogens is 1. The Balaban J connectivity index is 1.71. The molecule has 0 unspecified atom stereocenters. The lowest BCUT2D eigenvalue weighted by Crippen LogP contribution is -2.45. The van der Waals surface area contributed by atoms with E-state index in [1.54, 1.807) is 7.11 Å². The van der Waals surface area contributed by atoms with Crippen LogP contribution in [0.5, 0.6) is 5.75 Å². The Morgan fingerprint density at radius 2 is 1.45 bits per heavy atom. The largest absolute Gasteiger partial charge is 0.497 e. The van der Waals surface area contributed by atoms with Gasteiger partial charge in [-0.25, -0.2) is 0 Å². The van der Waals surface area contributed by atoms with Crippen LogP contribution in [0.4, 0.5) is 11.5 Å². The first-order valence-electron chi connectivity index (χ1n) is 15.6. The molecule has 232 valence electrons. The Hall–Kier alpha value is -3.52. The monoisotopic (exact) mass is 612 g/mol. The highest BCUT2D eigenvalue weighted by atomic mass is 32.2. The number of thioether (sulfide) groups is 1. The minimum absolute atomic E-state index is 0.860. The molecule has 0 aliphatic carbocycles. The summed E-state index contributed by atoms with van der Waals surface area (Å²) >= 11 is 1.84. The molecule has 0 spiro atoms. The standard InChI is InChI=1S/C37H50N5OS/c1-38-33-18-12-13-19-35(33)44-37(38)27-29-26-36(39(22-14-24-41(2,3)4)23-15-25-42(5,6)7)40(30-16-10-9-11-17-30)34-28-31(43-8)20-21-32(29)34/h9-13,16-21,26-28H,14-15,22-25H2,1-8H3/q+3. The molecule has 0 N–H and O–H groups in total. The molecule has 0 radical (unpaired) electrons. The van der Waals surface area contributed by atoms with Crippen molar-refractivity contribution in [1.82, 2.24) is 0 Å². The number of para-hydroxylation sites is 2. The van der Waals surface area contributed by atoms with Crippen molar-refractivity contribution in [3.63, 3.8) is 0 Å². The van der Waals surface area contributed by atoms with Crippen LogP contribution in [0.15, 0.2) is 88.8 Å². The van der Waals surface area contributed by atoms with Crippen molar-refractivity contribution in [2.45, 2.75) is 17.7 Å². The van der Waals surface area contributed by atoms with Crippen LogP contribution in [0.1, 0.15) is 18.4 Å². The molecule has 0 fully saturated rings. The molecule has 5 rings (SSSR count). The van der Waals surface area contributed by atoms with Crippen LogP contribution in [0.25, 0.3) is 22.7 Å². The molecule has 3 aromatic carbocycles. The zero-order valence-electron chi connectivity index (χ0n) is 27.9. The van der Waals surface area contributed by atoms with Crippen molar-refractivity contribution in [2.75, 3.05) is 92.4 Å². The summed E-state index contributed by atoms with van der Waals surface area (Å²) in [4.78, 5) is 6.23. The van der Waals surface area contributed by atoms with E-state index in [0.29, 0.717) is 0 Å². The van der Waals surface area contributed by atoms with Crippen LogP contribution in [-0.4, -0.2) is 91.6 Å². The molecule has 1 aromatic heterocycles. The van der Waals surface area contributed by atoms with Crippen LogP contribution in [-0.2, 0) is 0 Å². The average molecular weight is 613 g/mol. The second-order valence-electron chi connectivity index (χ2n) is 13.8. The Bertz CT molecular complexity index is 1600. The van der Waals surface area contributed by atoms with Crippen LogP contribution in [0, 0.1) is 0 Å². The van der Waals surface area contributed by atoms with Gasteiger partial charge in [-0.3, -0.25) is 4.90 Å². The molecule has 0 saturated carbocycles. The third kappa shape index (κ3) is 7.57. The summed E-state index contributed by atoms with van der Waals surface area (Å²) in [6, 6.07) is 28.4. The van der Waals surface area contributed by atoms with Gasteiger partial charge in [-0.05, 0) is 48.0 Å². The molecule has 1 aliphatic heterocycles. The minimum atomic E-state index is 0.860. The van der Waals surface area contributed by atoms with E-state index in [-0.39, 0.29) is 0 Å². The Morgan fingerprint density at radius 1 is 0.818 bits per heavy atom. The molecule has 0 amide bonds. The lowest BCUT2D eigenvalue weighted by atomic mass is 10.1. The zero-order valence-corrected chi connectivity index (χ0v) is 28.7. The molecule has 6 nitrogen and oxygen atoms in total. The highest BCUT2D eigenvalue weighted by Gasteiger charge is 2.28. The first kappa shape index (κ1) is 31.9. The highest BCUT2D eigenvalue weighted by Crippen LogP contribution is 2.46. The van der Waals surface area contributed by atoms with Gasteiger partial charge >= 0.3 is 0 Å². The van der Waals surface area contributed by atoms with E-state index in [1.807, 2.05) is 11.8 Å². The van der Waals surface area contributed by atoms with Crippen molar-refractivity contribution >= 4 is 40.2 Å². The number of nitrogens with zero attached hydrogens (tertiary/aromatic N) is 5. The second-order valence-corrected chi connectivity index (χ2v) is 14.9. The van der Waals surface area contributed by atoms with E-state index >= 15 is 0 Å². The summed E-state index contributed by atoms with van der Waals surface area (Å²) < 4.78 is 10.2. The van der Waals surface area contributed by atoms with Gasteiger partial charge in [0.05, 0.1) is 86.3 Å². The van der Waals surface area contributed by atoms with Crippen LogP contribution in [0.2, 0.25) is 0 Å². The van der Waals surface area contributed by atoms with Gasteiger partial charge in [-0.15, -0.1) is 0 Å². The first-order valence-corrected chi connectivity index (χ1v) is 16.5. The van der Waals surface area contributed by atoms with Crippen molar-refractivity contribution in [1.29, 1.82) is 0 Å². The number of pyridine rings is 1. The number of hydrogen-bond donors (Lipinski definition) is 0. The smallest absolute Gasteiger partial charge is 0.282 e. The summed E-state index contributed by atoms with van der Waals surface area (Å²) in [5, 5.41) is 2.43. The van der Waals surface area contributed by atoms with Crippen molar-refractivity contribution in [3.05, 3.63) is 89.5 Å². The van der Waals surface area contributed by atoms with Gasteiger partial charge in [-0.2, -0.15) is 4.57 Å². The minimum Gasteiger partial charge on any atom is -0.497 e. The Labute approximate surface area is 268 Å². The van der Waals surface area contributed by atoms with E-state index in [1.165, 1.54) is 32.4 Å². The number of rotatable bonds is 12. The van der Waals surface area contributed by atoms with Gasteiger partial charge in [0.1, 0.15) is 17.0 Å². The van der Waals surface area contributed by atoms with E-state index in [2.05, 4.69) is 149 Å². The number of methoxy groups -OCH3 is 1. The Morgan fingerprint density at radius 3 is 2.07 bits per heavy atom. The highest BCUT2D eigenvalue weighted by molar-refractivity contribution is 8.03. The molecule has 2 heterocycles. The van der Waals surface area contributed by atoms with Crippen LogP contribution in [0.3, 0.4) is 0 Å². The fourth-order valence-corrected chi connectivity index (χ4v) is 6.97. The van der Waals surface area contributed by atoms with Crippen LogP contribution < -0.4 is 19.1 Å². The molecule has 7 heteroatoms. The lowest BCUT2D eigenvalue weighted by molar-refractivity contribution is -0.870. The summed E-state index contributed by atoms with van der Waals surface area (Å²) in [5.74, 6) is 2.08. The van der Waals surface area contributed by atoms with Crippen molar-refractivity contribution in [2.24, 2.45) is 0 Å². The zero-order chi connectivity index (χ0) is 31.5. The molecular formula is C37H50N5OS+3. The molecule has 4 aromatic rings. The van der Waals surface area contributed by atoms with E-state index < -0.39 is 0 Å². The van der Waals surface area contributed by atoms with Gasteiger partial charge < -0.3 is 18.6 Å². The molecular weight excluding hydrogens is 563 g/mol. The molecule has 0 atom stereocenters. The summed E-state index contributed by atoms with van der Waals surface area (Å²) in [6.07, 6.45) is 4.60. The quantitative estimate of drug-likeness (QED) is 0.132. The first-order chi connectivity index (χ1) is 20.9.